The summed E-state index contributed by atoms with van der Waals surface area (Å²) in [5.41, 5.74) is 3.92. The maximum absolute atomic E-state index is 12.6. The number of carbonyl (C=O) groups excluding carboxylic acids is 1. The lowest BCUT2D eigenvalue weighted by molar-refractivity contribution is 0.102. The van der Waals surface area contributed by atoms with Gasteiger partial charge in [-0.25, -0.2) is 0 Å². The van der Waals surface area contributed by atoms with Gasteiger partial charge in [-0.05, 0) is 68.9 Å². The summed E-state index contributed by atoms with van der Waals surface area (Å²) in [6.45, 7) is 5.93. The average molecular weight is 410 g/mol. The number of anilines is 1. The van der Waals surface area contributed by atoms with E-state index in [1.54, 1.807) is 6.07 Å². The first-order valence-corrected chi connectivity index (χ1v) is 10.4. The summed E-state index contributed by atoms with van der Waals surface area (Å²) in [6, 6.07) is 7.59. The number of hydrogen-bond acceptors (Lipinski definition) is 6. The molecule has 1 aromatic carbocycles. The molecule has 0 aliphatic heterocycles. The van der Waals surface area contributed by atoms with Crippen molar-refractivity contribution in [3.63, 3.8) is 0 Å². The number of benzene rings is 1. The minimum atomic E-state index is -0.480. The number of nitrogens with one attached hydrogen (secondary N) is 2. The van der Waals surface area contributed by atoms with Crippen LogP contribution in [0.1, 0.15) is 57.2 Å². The Bertz CT molecular complexity index is 1140. The van der Waals surface area contributed by atoms with E-state index < -0.39 is 5.91 Å². The molecule has 4 rings (SSSR count). The molecule has 29 heavy (non-hydrogen) atoms. The summed E-state index contributed by atoms with van der Waals surface area (Å²) in [5, 5.41) is 11.8. The largest absolute Gasteiger partial charge is 0.483 e. The molecule has 1 amide bonds. The zero-order valence-corrected chi connectivity index (χ0v) is 17.4. The van der Waals surface area contributed by atoms with Crippen LogP contribution in [0.15, 0.2) is 29.1 Å². The van der Waals surface area contributed by atoms with Crippen molar-refractivity contribution < 1.29 is 9.53 Å². The van der Waals surface area contributed by atoms with Crippen molar-refractivity contribution in [2.75, 3.05) is 5.32 Å². The van der Waals surface area contributed by atoms with Crippen LogP contribution in [0.4, 0.5) is 5.13 Å². The molecular weight excluding hydrogens is 388 g/mol. The number of amides is 1. The molecule has 1 aliphatic rings. The van der Waals surface area contributed by atoms with Gasteiger partial charge in [0.15, 0.2) is 5.01 Å². The molecule has 0 saturated carbocycles. The number of aromatic amines is 1. The van der Waals surface area contributed by atoms with Crippen LogP contribution in [0, 0.1) is 13.8 Å². The Labute approximate surface area is 172 Å². The molecule has 1 aliphatic carbocycles. The van der Waals surface area contributed by atoms with E-state index in [-0.39, 0.29) is 17.2 Å². The van der Waals surface area contributed by atoms with Crippen LogP contribution in [0.5, 0.6) is 5.75 Å². The van der Waals surface area contributed by atoms with Gasteiger partial charge < -0.3 is 9.72 Å². The van der Waals surface area contributed by atoms with Gasteiger partial charge in [-0.2, -0.15) is 0 Å². The van der Waals surface area contributed by atoms with Crippen molar-refractivity contribution >= 4 is 22.4 Å². The minimum absolute atomic E-state index is 0.0992. The quantitative estimate of drug-likeness (QED) is 0.668. The molecule has 0 fully saturated rings. The van der Waals surface area contributed by atoms with E-state index in [9.17, 15) is 9.59 Å². The van der Waals surface area contributed by atoms with Crippen LogP contribution in [-0.4, -0.2) is 21.1 Å². The molecule has 1 atom stereocenters. The topological polar surface area (TPSA) is 97.0 Å². The summed E-state index contributed by atoms with van der Waals surface area (Å²) in [6.07, 6.45) is 2.41. The molecule has 2 heterocycles. The average Bonchev–Trinajstić information content (AvgIpc) is 3.33. The third-order valence-electron chi connectivity index (χ3n) is 5.20. The molecule has 150 valence electrons. The smallest absolute Gasteiger partial charge is 0.263 e. The van der Waals surface area contributed by atoms with E-state index in [0.717, 1.165) is 47.4 Å². The highest BCUT2D eigenvalue weighted by Gasteiger charge is 2.20. The molecular formula is C21H22N4O3S. The van der Waals surface area contributed by atoms with Crippen LogP contribution in [0.25, 0.3) is 0 Å². The summed E-state index contributed by atoms with van der Waals surface area (Å²) < 4.78 is 6.02. The van der Waals surface area contributed by atoms with Crippen LogP contribution in [0.2, 0.25) is 0 Å². The van der Waals surface area contributed by atoms with Crippen molar-refractivity contribution in [1.82, 2.24) is 15.2 Å². The van der Waals surface area contributed by atoms with Crippen molar-refractivity contribution in [2.45, 2.75) is 46.1 Å². The van der Waals surface area contributed by atoms with Gasteiger partial charge in [0, 0.05) is 5.69 Å². The fraction of sp³-hybridized carbons (Fsp3) is 0.333. The maximum atomic E-state index is 12.6. The summed E-state index contributed by atoms with van der Waals surface area (Å²) in [4.78, 5) is 27.6. The number of carbonyl (C=O) groups is 1. The van der Waals surface area contributed by atoms with Gasteiger partial charge in [0.25, 0.3) is 11.5 Å². The zero-order chi connectivity index (χ0) is 20.5. The molecule has 0 saturated heterocycles. The maximum Gasteiger partial charge on any atom is 0.263 e. The Hall–Kier alpha value is -3.00. The molecule has 2 N–H and O–H groups in total. The van der Waals surface area contributed by atoms with E-state index in [1.807, 2.05) is 39.0 Å². The SMILES string of the molecule is Cc1cccc(OC(C)c2nnc(NC(=O)c3cc4c([nH]c3=O)CCC4)s2)c1C. The van der Waals surface area contributed by atoms with Crippen molar-refractivity contribution in [3.05, 3.63) is 67.6 Å². The predicted octanol–water partition coefficient (Wildman–Crippen LogP) is 3.72. The van der Waals surface area contributed by atoms with Crippen molar-refractivity contribution in [1.29, 1.82) is 0 Å². The number of H-pyrrole nitrogens is 1. The fourth-order valence-corrected chi connectivity index (χ4v) is 4.11. The lowest BCUT2D eigenvalue weighted by atomic mass is 10.1. The Balaban J connectivity index is 1.47. The van der Waals surface area contributed by atoms with Crippen LogP contribution in [-0.2, 0) is 12.8 Å². The van der Waals surface area contributed by atoms with Gasteiger partial charge in [0.05, 0.1) is 0 Å². The molecule has 0 spiro atoms. The van der Waals surface area contributed by atoms with E-state index in [0.29, 0.717) is 10.1 Å². The minimum Gasteiger partial charge on any atom is -0.483 e. The summed E-state index contributed by atoms with van der Waals surface area (Å²) in [7, 11) is 0. The molecule has 7 nitrogen and oxygen atoms in total. The molecule has 0 radical (unpaired) electrons. The number of pyridine rings is 1. The number of rotatable bonds is 5. The highest BCUT2D eigenvalue weighted by atomic mass is 32.1. The van der Waals surface area contributed by atoms with E-state index in [1.165, 1.54) is 11.3 Å². The number of fused-ring (bicyclic) bond motifs is 1. The van der Waals surface area contributed by atoms with E-state index in [4.69, 9.17) is 4.74 Å². The Kier molecular flexibility index (Phi) is 5.19. The second kappa shape index (κ2) is 7.79. The van der Waals surface area contributed by atoms with Crippen molar-refractivity contribution in [2.24, 2.45) is 0 Å². The molecule has 3 aromatic rings. The Morgan fingerprint density at radius 3 is 2.93 bits per heavy atom. The zero-order valence-electron chi connectivity index (χ0n) is 16.5. The third kappa shape index (κ3) is 3.93. The Morgan fingerprint density at radius 1 is 1.28 bits per heavy atom. The molecule has 2 aromatic heterocycles. The summed E-state index contributed by atoms with van der Waals surface area (Å²) in [5.74, 6) is 0.315. The van der Waals surface area contributed by atoms with E-state index in [2.05, 4.69) is 20.5 Å². The summed E-state index contributed by atoms with van der Waals surface area (Å²) >= 11 is 1.23. The van der Waals surface area contributed by atoms with Gasteiger partial charge in [-0.15, -0.1) is 10.2 Å². The number of ether oxygens (including phenoxy) is 1. The van der Waals surface area contributed by atoms with Gasteiger partial charge >= 0.3 is 0 Å². The third-order valence-corrected chi connectivity index (χ3v) is 6.20. The first-order chi connectivity index (χ1) is 13.9. The fourth-order valence-electron chi connectivity index (χ4n) is 3.39. The van der Waals surface area contributed by atoms with E-state index >= 15 is 0 Å². The number of aromatic nitrogens is 3. The normalized spacial score (nSPS) is 13.8. The number of nitrogens with zero attached hydrogens (tertiary/aromatic N) is 2. The van der Waals surface area contributed by atoms with Crippen molar-refractivity contribution in [3.8, 4) is 5.75 Å². The van der Waals surface area contributed by atoms with Gasteiger partial charge in [0.1, 0.15) is 17.4 Å². The second-order valence-electron chi connectivity index (χ2n) is 7.23. The second-order valence-corrected chi connectivity index (χ2v) is 8.24. The lowest BCUT2D eigenvalue weighted by Crippen LogP contribution is -2.24. The predicted molar refractivity (Wildman–Crippen MR) is 112 cm³/mol. The van der Waals surface area contributed by atoms with Gasteiger partial charge in [-0.3, -0.25) is 14.9 Å². The van der Waals surface area contributed by atoms with Crippen LogP contribution in [0.3, 0.4) is 0 Å². The monoisotopic (exact) mass is 410 g/mol. The number of aryl methyl sites for hydroxylation is 3. The standard InChI is InChI=1S/C21H22N4O3S/c1-11-6-4-9-17(12(11)2)28-13(3)20-24-25-21(29-20)23-19(27)15-10-14-7-5-8-16(14)22-18(15)26/h4,6,9-10,13H,5,7-8H2,1-3H3,(H,22,26)(H,23,25,27). The molecule has 8 heteroatoms. The van der Waals surface area contributed by atoms with Gasteiger partial charge in [0.2, 0.25) is 5.13 Å². The lowest BCUT2D eigenvalue weighted by Gasteiger charge is -2.14. The van der Waals surface area contributed by atoms with Crippen LogP contribution >= 0.6 is 11.3 Å². The Morgan fingerprint density at radius 2 is 2.10 bits per heavy atom. The first-order valence-electron chi connectivity index (χ1n) is 9.55. The van der Waals surface area contributed by atoms with Gasteiger partial charge in [-0.1, -0.05) is 23.5 Å². The first kappa shape index (κ1) is 19.3. The number of hydrogen-bond donors (Lipinski definition) is 2. The molecule has 1 unspecified atom stereocenters. The highest BCUT2D eigenvalue weighted by molar-refractivity contribution is 7.15. The van der Waals surface area contributed by atoms with Crippen LogP contribution < -0.4 is 15.6 Å². The highest BCUT2D eigenvalue weighted by Crippen LogP contribution is 2.29. The molecule has 0 bridgehead atoms.